The maximum atomic E-state index is 11.0. The SMILES string of the molecule is CCCc1noc([C@H](C)Nc2ccc(CNC(=O)OC)cc2)n1. The number of nitrogens with zero attached hydrogens (tertiary/aromatic N) is 2. The second-order valence-corrected chi connectivity index (χ2v) is 5.21. The zero-order valence-electron chi connectivity index (χ0n) is 13.6. The van der Waals surface area contributed by atoms with Gasteiger partial charge in [0.05, 0.1) is 7.11 Å². The molecule has 0 aliphatic carbocycles. The Labute approximate surface area is 135 Å². The van der Waals surface area contributed by atoms with Crippen LogP contribution in [0.25, 0.3) is 0 Å². The number of aromatic nitrogens is 2. The minimum absolute atomic E-state index is 0.0767. The number of methoxy groups -OCH3 is 1. The number of nitrogens with one attached hydrogen (secondary N) is 2. The summed E-state index contributed by atoms with van der Waals surface area (Å²) in [4.78, 5) is 15.4. The minimum atomic E-state index is -0.444. The Hall–Kier alpha value is -2.57. The summed E-state index contributed by atoms with van der Waals surface area (Å²) in [6, 6.07) is 7.66. The van der Waals surface area contributed by atoms with Crippen LogP contribution in [0.1, 0.15) is 43.6 Å². The molecule has 0 unspecified atom stereocenters. The Morgan fingerprint density at radius 2 is 2.09 bits per heavy atom. The summed E-state index contributed by atoms with van der Waals surface area (Å²) < 4.78 is 9.80. The van der Waals surface area contributed by atoms with E-state index in [1.807, 2.05) is 31.2 Å². The normalized spacial score (nSPS) is 11.8. The topological polar surface area (TPSA) is 89.3 Å². The predicted molar refractivity (Wildman–Crippen MR) is 86.0 cm³/mol. The first-order valence-electron chi connectivity index (χ1n) is 7.62. The molecule has 0 spiro atoms. The molecule has 0 fully saturated rings. The molecule has 0 bridgehead atoms. The average molecular weight is 318 g/mol. The fraction of sp³-hybridized carbons (Fsp3) is 0.438. The molecule has 2 rings (SSSR count). The van der Waals surface area contributed by atoms with Crippen molar-refractivity contribution >= 4 is 11.8 Å². The first-order chi connectivity index (χ1) is 11.1. The van der Waals surface area contributed by atoms with E-state index >= 15 is 0 Å². The van der Waals surface area contributed by atoms with Gasteiger partial charge in [0.25, 0.3) is 0 Å². The van der Waals surface area contributed by atoms with Crippen molar-refractivity contribution in [3.8, 4) is 0 Å². The van der Waals surface area contributed by atoms with Gasteiger partial charge in [-0.25, -0.2) is 4.79 Å². The van der Waals surface area contributed by atoms with Gasteiger partial charge in [-0.1, -0.05) is 24.2 Å². The molecule has 0 aliphatic rings. The van der Waals surface area contributed by atoms with E-state index in [0.29, 0.717) is 12.4 Å². The largest absolute Gasteiger partial charge is 0.453 e. The second kappa shape index (κ2) is 8.17. The van der Waals surface area contributed by atoms with Crippen molar-refractivity contribution in [2.24, 2.45) is 0 Å². The molecule has 1 aromatic heterocycles. The monoisotopic (exact) mass is 318 g/mol. The van der Waals surface area contributed by atoms with E-state index in [1.54, 1.807) is 0 Å². The average Bonchev–Trinajstić information content (AvgIpc) is 3.03. The maximum Gasteiger partial charge on any atom is 0.407 e. The van der Waals surface area contributed by atoms with Gasteiger partial charge in [0, 0.05) is 18.7 Å². The van der Waals surface area contributed by atoms with E-state index in [9.17, 15) is 4.79 Å². The van der Waals surface area contributed by atoms with E-state index in [4.69, 9.17) is 4.52 Å². The van der Waals surface area contributed by atoms with Crippen molar-refractivity contribution in [2.45, 2.75) is 39.3 Å². The van der Waals surface area contributed by atoms with Crippen LogP contribution < -0.4 is 10.6 Å². The molecular weight excluding hydrogens is 296 g/mol. The summed E-state index contributed by atoms with van der Waals surface area (Å²) in [7, 11) is 1.34. The summed E-state index contributed by atoms with van der Waals surface area (Å²) in [5.74, 6) is 1.31. The molecule has 0 radical (unpaired) electrons. The standard InChI is InChI=1S/C16H22N4O3/c1-4-5-14-19-15(23-20-14)11(2)18-13-8-6-12(7-9-13)10-17-16(21)22-3/h6-9,11,18H,4-5,10H2,1-3H3,(H,17,21)/t11-/m0/s1. The zero-order chi connectivity index (χ0) is 16.7. The van der Waals surface area contributed by atoms with E-state index in [1.165, 1.54) is 7.11 Å². The highest BCUT2D eigenvalue weighted by Crippen LogP contribution is 2.18. The number of carbonyl (C=O) groups excluding carboxylic acids is 1. The third kappa shape index (κ3) is 4.98. The quantitative estimate of drug-likeness (QED) is 0.815. The van der Waals surface area contributed by atoms with Crippen LogP contribution in [-0.2, 0) is 17.7 Å². The van der Waals surface area contributed by atoms with Gasteiger partial charge in [0.1, 0.15) is 6.04 Å². The number of benzene rings is 1. The van der Waals surface area contributed by atoms with Crippen LogP contribution in [0.2, 0.25) is 0 Å². The van der Waals surface area contributed by atoms with E-state index < -0.39 is 6.09 Å². The summed E-state index contributed by atoms with van der Waals surface area (Å²) in [6.07, 6.45) is 1.36. The van der Waals surface area contributed by atoms with Crippen LogP contribution in [0.5, 0.6) is 0 Å². The Bertz CT molecular complexity index is 625. The van der Waals surface area contributed by atoms with Crippen LogP contribution in [-0.4, -0.2) is 23.3 Å². The highest BCUT2D eigenvalue weighted by molar-refractivity contribution is 5.66. The highest BCUT2D eigenvalue weighted by atomic mass is 16.5. The van der Waals surface area contributed by atoms with Gasteiger partial charge in [-0.15, -0.1) is 0 Å². The number of anilines is 1. The molecule has 0 aliphatic heterocycles. The molecule has 7 nitrogen and oxygen atoms in total. The molecule has 1 heterocycles. The van der Waals surface area contributed by atoms with Crippen LogP contribution in [0, 0.1) is 0 Å². The molecule has 2 N–H and O–H groups in total. The number of alkyl carbamates (subject to hydrolysis) is 1. The molecular formula is C16H22N4O3. The van der Waals surface area contributed by atoms with Gasteiger partial charge in [-0.2, -0.15) is 4.98 Å². The number of hydrogen-bond donors (Lipinski definition) is 2. The third-order valence-corrected chi connectivity index (χ3v) is 3.29. The first kappa shape index (κ1) is 16.8. The molecule has 0 saturated heterocycles. The summed E-state index contributed by atoms with van der Waals surface area (Å²) in [5, 5.41) is 9.90. The van der Waals surface area contributed by atoms with Crippen LogP contribution >= 0.6 is 0 Å². The highest BCUT2D eigenvalue weighted by Gasteiger charge is 2.13. The predicted octanol–water partition coefficient (Wildman–Crippen LogP) is 3.05. The van der Waals surface area contributed by atoms with Crippen molar-refractivity contribution in [3.05, 3.63) is 41.5 Å². The van der Waals surface area contributed by atoms with Crippen molar-refractivity contribution < 1.29 is 14.1 Å². The third-order valence-electron chi connectivity index (χ3n) is 3.29. The van der Waals surface area contributed by atoms with Gasteiger partial charge >= 0.3 is 6.09 Å². The molecule has 7 heteroatoms. The summed E-state index contributed by atoms with van der Waals surface area (Å²) in [6.45, 7) is 4.47. The molecule has 0 saturated carbocycles. The van der Waals surface area contributed by atoms with Crippen molar-refractivity contribution in [1.82, 2.24) is 15.5 Å². The molecule has 23 heavy (non-hydrogen) atoms. The lowest BCUT2D eigenvalue weighted by atomic mass is 10.2. The van der Waals surface area contributed by atoms with Crippen molar-refractivity contribution in [1.29, 1.82) is 0 Å². The van der Waals surface area contributed by atoms with Gasteiger partial charge in [-0.3, -0.25) is 0 Å². The van der Waals surface area contributed by atoms with Gasteiger partial charge in [-0.05, 0) is 31.0 Å². The number of amides is 1. The Morgan fingerprint density at radius 3 is 2.74 bits per heavy atom. The number of aryl methyl sites for hydroxylation is 1. The summed E-state index contributed by atoms with van der Waals surface area (Å²) >= 11 is 0. The molecule has 124 valence electrons. The van der Waals surface area contributed by atoms with Crippen molar-refractivity contribution in [3.63, 3.8) is 0 Å². The second-order valence-electron chi connectivity index (χ2n) is 5.21. The van der Waals surface area contributed by atoms with E-state index in [0.717, 1.165) is 29.9 Å². The molecule has 1 amide bonds. The van der Waals surface area contributed by atoms with E-state index in [2.05, 4.69) is 32.4 Å². The smallest absolute Gasteiger partial charge is 0.407 e. The van der Waals surface area contributed by atoms with Gasteiger partial charge in [0.15, 0.2) is 5.82 Å². The lowest BCUT2D eigenvalue weighted by Gasteiger charge is -2.12. The summed E-state index contributed by atoms with van der Waals surface area (Å²) in [5.41, 5.74) is 1.92. The van der Waals surface area contributed by atoms with Crippen LogP contribution in [0.4, 0.5) is 10.5 Å². The Balaban J connectivity index is 1.90. The maximum absolute atomic E-state index is 11.0. The lowest BCUT2D eigenvalue weighted by molar-refractivity contribution is 0.170. The number of hydrogen-bond acceptors (Lipinski definition) is 6. The van der Waals surface area contributed by atoms with E-state index in [-0.39, 0.29) is 6.04 Å². The number of ether oxygens (including phenoxy) is 1. The molecule has 2 aromatic rings. The zero-order valence-corrected chi connectivity index (χ0v) is 13.6. The van der Waals surface area contributed by atoms with Gasteiger partial charge in [0.2, 0.25) is 5.89 Å². The Morgan fingerprint density at radius 1 is 1.35 bits per heavy atom. The molecule has 1 atom stereocenters. The van der Waals surface area contributed by atoms with Crippen LogP contribution in [0.15, 0.2) is 28.8 Å². The number of carbonyl (C=O) groups is 1. The number of rotatable bonds is 7. The lowest BCUT2D eigenvalue weighted by Crippen LogP contribution is -2.22. The van der Waals surface area contributed by atoms with Crippen molar-refractivity contribution in [2.75, 3.05) is 12.4 Å². The van der Waals surface area contributed by atoms with Crippen LogP contribution in [0.3, 0.4) is 0 Å². The van der Waals surface area contributed by atoms with Gasteiger partial charge < -0.3 is 19.9 Å². The fourth-order valence-corrected chi connectivity index (χ4v) is 2.05. The molecule has 1 aromatic carbocycles. The fourth-order valence-electron chi connectivity index (χ4n) is 2.05. The minimum Gasteiger partial charge on any atom is -0.453 e. The Kier molecular flexibility index (Phi) is 5.96. The first-order valence-corrected chi connectivity index (χ1v) is 7.62.